The molecular weight excluding hydrogens is 411 g/mol. The Morgan fingerprint density at radius 1 is 1.13 bits per heavy atom. The van der Waals surface area contributed by atoms with Crippen molar-refractivity contribution in [1.82, 2.24) is 4.90 Å². The molecule has 2 heterocycles. The van der Waals surface area contributed by atoms with Gasteiger partial charge in [-0.15, -0.1) is 4.40 Å². The number of Topliss-reactive ketones (excluding diaryl/α,β-unsaturated/α-hetero) is 1. The highest BCUT2D eigenvalue weighted by atomic mass is 32.2. The highest BCUT2D eigenvalue weighted by Crippen LogP contribution is 2.30. The fourth-order valence-electron chi connectivity index (χ4n) is 3.65. The van der Waals surface area contributed by atoms with E-state index in [0.29, 0.717) is 30.8 Å². The number of fused-ring (bicyclic) bond motifs is 1. The number of nitrogens with zero attached hydrogens (tertiary/aromatic N) is 2. The number of ether oxygens (including phenoxy) is 1. The van der Waals surface area contributed by atoms with E-state index in [1.807, 2.05) is 0 Å². The van der Waals surface area contributed by atoms with Gasteiger partial charge in [0.25, 0.3) is 10.0 Å². The van der Waals surface area contributed by atoms with E-state index < -0.39 is 40.1 Å². The second-order valence-electron chi connectivity index (χ2n) is 7.21. The molecule has 156 valence electrons. The number of ketones is 1. The third-order valence-electron chi connectivity index (χ3n) is 5.18. The van der Waals surface area contributed by atoms with Crippen LogP contribution in [0.3, 0.4) is 0 Å². The molecule has 0 spiro atoms. The number of halogens is 1. The Morgan fingerprint density at radius 3 is 2.63 bits per heavy atom. The number of esters is 1. The Balaban J connectivity index is 1.41. The second-order valence-corrected chi connectivity index (χ2v) is 8.78. The zero-order chi connectivity index (χ0) is 21.3. The van der Waals surface area contributed by atoms with Gasteiger partial charge in [0.1, 0.15) is 10.7 Å². The fraction of sp³-hybridized carbons (Fsp3) is 0.286. The van der Waals surface area contributed by atoms with Crippen molar-refractivity contribution in [1.29, 1.82) is 0 Å². The van der Waals surface area contributed by atoms with Gasteiger partial charge in [-0.2, -0.15) is 8.42 Å². The Hall–Kier alpha value is -3.07. The zero-order valence-corrected chi connectivity index (χ0v) is 16.8. The maximum absolute atomic E-state index is 13.0. The van der Waals surface area contributed by atoms with Crippen LogP contribution in [0.4, 0.5) is 4.39 Å². The summed E-state index contributed by atoms with van der Waals surface area (Å²) >= 11 is 0. The lowest BCUT2D eigenvalue weighted by Gasteiger charge is -2.32. The summed E-state index contributed by atoms with van der Waals surface area (Å²) in [7, 11) is -3.74. The molecule has 0 amide bonds. The van der Waals surface area contributed by atoms with Crippen LogP contribution in [-0.4, -0.2) is 50.6 Å². The standard InChI is InChI=1S/C21H19FN2O5S/c22-16-9-7-14(8-10-16)18(25)13-29-21(26)15-4-3-11-24(12-15)20-17-5-1-2-6-19(17)30(27,28)23-20/h1-2,5-10,15H,3-4,11-13H2. The first-order chi connectivity index (χ1) is 14.3. The molecule has 30 heavy (non-hydrogen) atoms. The van der Waals surface area contributed by atoms with Gasteiger partial charge in [-0.3, -0.25) is 9.59 Å². The zero-order valence-electron chi connectivity index (χ0n) is 16.0. The van der Waals surface area contributed by atoms with E-state index in [2.05, 4.69) is 4.40 Å². The summed E-state index contributed by atoms with van der Waals surface area (Å²) in [5.41, 5.74) is 0.787. The number of amidine groups is 1. The molecule has 1 saturated heterocycles. The third-order valence-corrected chi connectivity index (χ3v) is 6.50. The summed E-state index contributed by atoms with van der Waals surface area (Å²) < 4.78 is 46.6. The number of likely N-dealkylation sites (tertiary alicyclic amines) is 1. The fourth-order valence-corrected chi connectivity index (χ4v) is 4.88. The van der Waals surface area contributed by atoms with Crippen molar-refractivity contribution < 1.29 is 27.1 Å². The van der Waals surface area contributed by atoms with E-state index in [-0.39, 0.29) is 17.0 Å². The molecule has 0 bridgehead atoms. The SMILES string of the molecule is O=C(COC(=O)C1CCCN(C2=NS(=O)(=O)c3ccccc32)C1)c1ccc(F)cc1. The predicted octanol–water partition coefficient (Wildman–Crippen LogP) is 2.41. The van der Waals surface area contributed by atoms with Crippen LogP contribution in [0.5, 0.6) is 0 Å². The van der Waals surface area contributed by atoms with Crippen molar-refractivity contribution in [2.45, 2.75) is 17.7 Å². The third kappa shape index (κ3) is 3.97. The van der Waals surface area contributed by atoms with Crippen LogP contribution in [0.15, 0.2) is 57.8 Å². The highest BCUT2D eigenvalue weighted by Gasteiger charge is 2.35. The lowest BCUT2D eigenvalue weighted by Crippen LogP contribution is -2.43. The molecule has 0 aliphatic carbocycles. The van der Waals surface area contributed by atoms with E-state index in [0.717, 1.165) is 0 Å². The summed E-state index contributed by atoms with van der Waals surface area (Å²) in [4.78, 5) is 26.6. The predicted molar refractivity (Wildman–Crippen MR) is 106 cm³/mol. The van der Waals surface area contributed by atoms with Gasteiger partial charge in [0.05, 0.1) is 5.92 Å². The molecule has 7 nitrogen and oxygen atoms in total. The van der Waals surface area contributed by atoms with Gasteiger partial charge in [-0.05, 0) is 49.2 Å². The quantitative estimate of drug-likeness (QED) is 0.546. The van der Waals surface area contributed by atoms with Crippen LogP contribution in [-0.2, 0) is 19.6 Å². The molecule has 1 fully saturated rings. The van der Waals surface area contributed by atoms with Crippen LogP contribution >= 0.6 is 0 Å². The number of benzene rings is 2. The van der Waals surface area contributed by atoms with Crippen LogP contribution in [0.1, 0.15) is 28.8 Å². The molecule has 2 aliphatic rings. The lowest BCUT2D eigenvalue weighted by atomic mass is 9.97. The Labute approximate surface area is 173 Å². The maximum atomic E-state index is 13.0. The number of rotatable bonds is 4. The summed E-state index contributed by atoms with van der Waals surface area (Å²) in [5.74, 6) is -1.56. The summed E-state index contributed by atoms with van der Waals surface area (Å²) in [5, 5.41) is 0. The van der Waals surface area contributed by atoms with Gasteiger partial charge in [0.15, 0.2) is 18.2 Å². The average Bonchev–Trinajstić information content (AvgIpc) is 3.03. The highest BCUT2D eigenvalue weighted by molar-refractivity contribution is 7.90. The molecule has 2 aromatic rings. The number of carbonyl (C=O) groups excluding carboxylic acids is 2. The monoisotopic (exact) mass is 430 g/mol. The average molecular weight is 430 g/mol. The van der Waals surface area contributed by atoms with Crippen molar-refractivity contribution in [3.8, 4) is 0 Å². The van der Waals surface area contributed by atoms with Gasteiger partial charge < -0.3 is 9.64 Å². The molecule has 2 aromatic carbocycles. The van der Waals surface area contributed by atoms with E-state index in [1.54, 1.807) is 23.1 Å². The number of piperidine rings is 1. The van der Waals surface area contributed by atoms with Crippen LogP contribution in [0.2, 0.25) is 0 Å². The molecule has 0 saturated carbocycles. The number of hydrogen-bond donors (Lipinski definition) is 0. The summed E-state index contributed by atoms with van der Waals surface area (Å²) in [6.45, 7) is 0.395. The lowest BCUT2D eigenvalue weighted by molar-refractivity contribution is -0.148. The van der Waals surface area contributed by atoms with Crippen molar-refractivity contribution in [3.63, 3.8) is 0 Å². The Morgan fingerprint density at radius 2 is 1.87 bits per heavy atom. The topological polar surface area (TPSA) is 93.1 Å². The van der Waals surface area contributed by atoms with Crippen molar-refractivity contribution in [2.75, 3.05) is 19.7 Å². The Bertz CT molecular complexity index is 1130. The van der Waals surface area contributed by atoms with E-state index in [1.165, 1.54) is 30.3 Å². The van der Waals surface area contributed by atoms with Crippen LogP contribution in [0.25, 0.3) is 0 Å². The first-order valence-corrected chi connectivity index (χ1v) is 10.9. The number of hydrogen-bond acceptors (Lipinski definition) is 6. The molecule has 9 heteroatoms. The van der Waals surface area contributed by atoms with E-state index in [4.69, 9.17) is 4.74 Å². The Kier molecular flexibility index (Phi) is 5.38. The molecule has 1 atom stereocenters. The minimum Gasteiger partial charge on any atom is -0.457 e. The summed E-state index contributed by atoms with van der Waals surface area (Å²) in [6.07, 6.45) is 1.23. The van der Waals surface area contributed by atoms with Crippen LogP contribution < -0.4 is 0 Å². The molecule has 0 aromatic heterocycles. The number of carbonyl (C=O) groups is 2. The van der Waals surface area contributed by atoms with Crippen molar-refractivity contribution in [2.24, 2.45) is 10.3 Å². The van der Waals surface area contributed by atoms with E-state index >= 15 is 0 Å². The van der Waals surface area contributed by atoms with Gasteiger partial charge in [-0.1, -0.05) is 12.1 Å². The molecule has 0 N–H and O–H groups in total. The van der Waals surface area contributed by atoms with Gasteiger partial charge >= 0.3 is 5.97 Å². The van der Waals surface area contributed by atoms with Gasteiger partial charge in [0.2, 0.25) is 0 Å². The molecule has 2 aliphatic heterocycles. The summed E-state index contributed by atoms with van der Waals surface area (Å²) in [6, 6.07) is 11.6. The minimum atomic E-state index is -3.74. The normalized spacial score (nSPS) is 19.7. The number of sulfonamides is 1. The molecule has 0 radical (unpaired) electrons. The van der Waals surface area contributed by atoms with Gasteiger partial charge in [0, 0.05) is 24.2 Å². The van der Waals surface area contributed by atoms with E-state index in [9.17, 15) is 22.4 Å². The second kappa shape index (κ2) is 7.98. The van der Waals surface area contributed by atoms with Gasteiger partial charge in [-0.25, -0.2) is 4.39 Å². The van der Waals surface area contributed by atoms with Crippen molar-refractivity contribution >= 4 is 27.6 Å². The first-order valence-electron chi connectivity index (χ1n) is 9.50. The van der Waals surface area contributed by atoms with Crippen molar-refractivity contribution in [3.05, 3.63) is 65.5 Å². The molecule has 1 unspecified atom stereocenters. The van der Waals surface area contributed by atoms with Crippen LogP contribution in [0, 0.1) is 11.7 Å². The maximum Gasteiger partial charge on any atom is 0.311 e. The largest absolute Gasteiger partial charge is 0.457 e. The first kappa shape index (κ1) is 20.2. The smallest absolute Gasteiger partial charge is 0.311 e. The molecular formula is C21H19FN2O5S. The molecule has 4 rings (SSSR count). The minimum absolute atomic E-state index is 0.162.